The molecule has 0 unspecified atom stereocenters. The third kappa shape index (κ3) is 7.06. The lowest BCUT2D eigenvalue weighted by molar-refractivity contribution is -0.134. The fraction of sp³-hybridized carbons (Fsp3) is 0.667. The number of rotatable bonds is 8. The SMILES string of the molecule is COc1ccc(CCC2CCN(C(=O)CNC(=O)CC3CCCCC3)CC2)cc1. The fourth-order valence-corrected chi connectivity index (χ4v) is 4.65. The van der Waals surface area contributed by atoms with Gasteiger partial charge in [-0.05, 0) is 68.1 Å². The van der Waals surface area contributed by atoms with Crippen molar-refractivity contribution < 1.29 is 14.3 Å². The Hall–Kier alpha value is -2.04. The van der Waals surface area contributed by atoms with Crippen molar-refractivity contribution in [3.05, 3.63) is 29.8 Å². The summed E-state index contributed by atoms with van der Waals surface area (Å²) in [6, 6.07) is 8.29. The van der Waals surface area contributed by atoms with Gasteiger partial charge in [0.15, 0.2) is 0 Å². The number of amides is 2. The first-order chi connectivity index (χ1) is 14.1. The Kier molecular flexibility index (Phi) is 8.38. The first-order valence-electron chi connectivity index (χ1n) is 11.3. The van der Waals surface area contributed by atoms with E-state index in [1.54, 1.807) is 7.11 Å². The molecule has 5 heteroatoms. The lowest BCUT2D eigenvalue weighted by atomic mass is 9.87. The van der Waals surface area contributed by atoms with Gasteiger partial charge in [-0.2, -0.15) is 0 Å². The van der Waals surface area contributed by atoms with Crippen molar-refractivity contribution in [1.29, 1.82) is 0 Å². The topological polar surface area (TPSA) is 58.6 Å². The van der Waals surface area contributed by atoms with Crippen LogP contribution in [0.5, 0.6) is 5.75 Å². The van der Waals surface area contributed by atoms with Crippen molar-refractivity contribution in [1.82, 2.24) is 10.2 Å². The number of hydrogen-bond donors (Lipinski definition) is 1. The van der Waals surface area contributed by atoms with Crippen LogP contribution < -0.4 is 10.1 Å². The zero-order valence-electron chi connectivity index (χ0n) is 17.8. The number of carbonyl (C=O) groups excluding carboxylic acids is 2. The van der Waals surface area contributed by atoms with Gasteiger partial charge in [0.05, 0.1) is 13.7 Å². The average Bonchev–Trinajstić information content (AvgIpc) is 2.77. The quantitative estimate of drug-likeness (QED) is 0.719. The van der Waals surface area contributed by atoms with Gasteiger partial charge in [-0.3, -0.25) is 9.59 Å². The Balaban J connectivity index is 1.30. The van der Waals surface area contributed by atoms with Crippen molar-refractivity contribution >= 4 is 11.8 Å². The first kappa shape index (κ1) is 21.7. The summed E-state index contributed by atoms with van der Waals surface area (Å²) in [7, 11) is 1.69. The molecule has 1 heterocycles. The highest BCUT2D eigenvalue weighted by Gasteiger charge is 2.23. The van der Waals surface area contributed by atoms with E-state index in [2.05, 4.69) is 17.4 Å². The van der Waals surface area contributed by atoms with Crippen LogP contribution in [0.3, 0.4) is 0 Å². The molecule has 1 N–H and O–H groups in total. The molecule has 0 aromatic heterocycles. The molecule has 0 radical (unpaired) electrons. The van der Waals surface area contributed by atoms with E-state index in [0.717, 1.165) is 57.4 Å². The normalized spacial score (nSPS) is 18.4. The summed E-state index contributed by atoms with van der Waals surface area (Å²) in [5, 5.41) is 2.85. The molecular weight excluding hydrogens is 364 g/mol. The summed E-state index contributed by atoms with van der Waals surface area (Å²) in [6.45, 7) is 1.78. The zero-order valence-corrected chi connectivity index (χ0v) is 17.8. The molecule has 2 amide bonds. The molecule has 1 aliphatic heterocycles. The molecule has 0 spiro atoms. The molecule has 1 saturated heterocycles. The summed E-state index contributed by atoms with van der Waals surface area (Å²) in [5.41, 5.74) is 1.34. The van der Waals surface area contributed by atoms with Gasteiger partial charge in [-0.1, -0.05) is 31.4 Å². The number of benzene rings is 1. The van der Waals surface area contributed by atoms with Gasteiger partial charge >= 0.3 is 0 Å². The van der Waals surface area contributed by atoms with Crippen molar-refractivity contribution in [3.8, 4) is 5.75 Å². The summed E-state index contributed by atoms with van der Waals surface area (Å²) in [4.78, 5) is 26.5. The fourth-order valence-electron chi connectivity index (χ4n) is 4.65. The van der Waals surface area contributed by atoms with Crippen molar-refractivity contribution in [3.63, 3.8) is 0 Å². The first-order valence-corrected chi connectivity index (χ1v) is 11.3. The number of carbonyl (C=O) groups is 2. The van der Waals surface area contributed by atoms with E-state index in [4.69, 9.17) is 4.74 Å². The summed E-state index contributed by atoms with van der Waals surface area (Å²) < 4.78 is 5.21. The van der Waals surface area contributed by atoms with E-state index in [-0.39, 0.29) is 18.4 Å². The van der Waals surface area contributed by atoms with E-state index < -0.39 is 0 Å². The van der Waals surface area contributed by atoms with Crippen LogP contribution in [0.4, 0.5) is 0 Å². The van der Waals surface area contributed by atoms with Crippen LogP contribution in [0.1, 0.15) is 63.4 Å². The standard InChI is InChI=1S/C24H36N2O3/c1-29-22-11-9-19(10-12-22)7-8-20-13-15-26(16-14-20)24(28)18-25-23(27)17-21-5-3-2-4-6-21/h9-12,20-21H,2-8,13-18H2,1H3,(H,25,27). The van der Waals surface area contributed by atoms with Crippen LogP contribution in [0.15, 0.2) is 24.3 Å². The van der Waals surface area contributed by atoms with Gasteiger partial charge in [0.2, 0.25) is 11.8 Å². The Morgan fingerprint density at radius 1 is 1.00 bits per heavy atom. The van der Waals surface area contributed by atoms with Crippen LogP contribution in [0.25, 0.3) is 0 Å². The molecule has 2 fully saturated rings. The van der Waals surface area contributed by atoms with E-state index in [9.17, 15) is 9.59 Å². The monoisotopic (exact) mass is 400 g/mol. The highest BCUT2D eigenvalue weighted by molar-refractivity contribution is 5.84. The van der Waals surface area contributed by atoms with Crippen LogP contribution in [0.2, 0.25) is 0 Å². The highest BCUT2D eigenvalue weighted by Crippen LogP contribution is 2.26. The van der Waals surface area contributed by atoms with Crippen LogP contribution in [0, 0.1) is 11.8 Å². The molecule has 0 atom stereocenters. The minimum atomic E-state index is 0.0413. The minimum Gasteiger partial charge on any atom is -0.497 e. The second kappa shape index (κ2) is 11.2. The van der Waals surface area contributed by atoms with Crippen LogP contribution in [-0.4, -0.2) is 43.5 Å². The maximum atomic E-state index is 12.4. The number of nitrogens with zero attached hydrogens (tertiary/aromatic N) is 1. The Morgan fingerprint density at radius 3 is 2.34 bits per heavy atom. The predicted octanol–water partition coefficient (Wildman–Crippen LogP) is 3.95. The molecule has 1 aliphatic carbocycles. The van der Waals surface area contributed by atoms with Crippen molar-refractivity contribution in [2.24, 2.45) is 11.8 Å². The second-order valence-electron chi connectivity index (χ2n) is 8.70. The van der Waals surface area contributed by atoms with Crippen molar-refractivity contribution in [2.45, 2.75) is 64.2 Å². The predicted molar refractivity (Wildman–Crippen MR) is 115 cm³/mol. The van der Waals surface area contributed by atoms with Gasteiger partial charge in [-0.15, -0.1) is 0 Å². The lowest BCUT2D eigenvalue weighted by Crippen LogP contribution is -2.44. The molecule has 3 rings (SSSR count). The van der Waals surface area contributed by atoms with Crippen molar-refractivity contribution in [2.75, 3.05) is 26.7 Å². The number of methoxy groups -OCH3 is 1. The zero-order chi connectivity index (χ0) is 20.5. The number of hydrogen-bond acceptors (Lipinski definition) is 3. The number of likely N-dealkylation sites (tertiary alicyclic amines) is 1. The second-order valence-corrected chi connectivity index (χ2v) is 8.70. The largest absolute Gasteiger partial charge is 0.497 e. The molecule has 5 nitrogen and oxygen atoms in total. The third-order valence-corrected chi connectivity index (χ3v) is 6.60. The van der Waals surface area contributed by atoms with Gasteiger partial charge in [0.25, 0.3) is 0 Å². The van der Waals surface area contributed by atoms with Gasteiger partial charge in [0.1, 0.15) is 5.75 Å². The molecule has 1 aromatic carbocycles. The highest BCUT2D eigenvalue weighted by atomic mass is 16.5. The van der Waals surface area contributed by atoms with E-state index in [1.165, 1.54) is 24.8 Å². The van der Waals surface area contributed by atoms with Gasteiger partial charge in [-0.25, -0.2) is 0 Å². The van der Waals surface area contributed by atoms with Crippen LogP contribution in [-0.2, 0) is 16.0 Å². The molecular formula is C24H36N2O3. The molecule has 0 bridgehead atoms. The number of ether oxygens (including phenoxy) is 1. The average molecular weight is 401 g/mol. The van der Waals surface area contributed by atoms with E-state index in [0.29, 0.717) is 18.3 Å². The summed E-state index contributed by atoms with van der Waals surface area (Å²) in [5.74, 6) is 2.18. The Labute approximate surface area is 175 Å². The third-order valence-electron chi connectivity index (χ3n) is 6.60. The van der Waals surface area contributed by atoms with Gasteiger partial charge < -0.3 is 15.0 Å². The van der Waals surface area contributed by atoms with E-state index in [1.807, 2.05) is 17.0 Å². The Bertz CT molecular complexity index is 645. The maximum Gasteiger partial charge on any atom is 0.241 e. The minimum absolute atomic E-state index is 0.0413. The number of piperidine rings is 1. The lowest BCUT2D eigenvalue weighted by Gasteiger charge is -2.32. The smallest absolute Gasteiger partial charge is 0.241 e. The molecule has 1 saturated carbocycles. The van der Waals surface area contributed by atoms with Crippen LogP contribution >= 0.6 is 0 Å². The molecule has 29 heavy (non-hydrogen) atoms. The number of aryl methyl sites for hydroxylation is 1. The molecule has 2 aliphatic rings. The van der Waals surface area contributed by atoms with E-state index >= 15 is 0 Å². The van der Waals surface area contributed by atoms with Gasteiger partial charge in [0, 0.05) is 19.5 Å². The molecule has 1 aromatic rings. The summed E-state index contributed by atoms with van der Waals surface area (Å²) in [6.07, 6.45) is 11.0. The number of nitrogens with one attached hydrogen (secondary N) is 1. The molecule has 160 valence electrons. The maximum absolute atomic E-state index is 12.4. The summed E-state index contributed by atoms with van der Waals surface area (Å²) >= 11 is 0. The Morgan fingerprint density at radius 2 is 1.69 bits per heavy atom.